The van der Waals surface area contributed by atoms with Crippen LogP contribution < -0.4 is 5.32 Å². The molecule has 1 aromatic carbocycles. The molecular weight excluding hydrogens is 257 g/mol. The molecule has 2 fully saturated rings. The molecule has 3 nitrogen and oxygen atoms in total. The fourth-order valence-corrected chi connectivity index (χ4v) is 3.59. The number of ether oxygens (including phenoxy) is 2. The summed E-state index contributed by atoms with van der Waals surface area (Å²) in [5.41, 5.74) is 0.350. The number of nitrogens with one attached hydrogen (secondary N) is 1. The lowest BCUT2D eigenvalue weighted by atomic mass is 9.88. The van der Waals surface area contributed by atoms with E-state index in [1.165, 1.54) is 18.9 Å². The molecule has 0 radical (unpaired) electrons. The normalized spacial score (nSPS) is 32.5. The maximum absolute atomic E-state index is 13.7. The van der Waals surface area contributed by atoms with Gasteiger partial charge in [-0.05, 0) is 31.7 Å². The van der Waals surface area contributed by atoms with Crippen LogP contribution in [-0.4, -0.2) is 31.4 Å². The van der Waals surface area contributed by atoms with Crippen LogP contribution in [0.15, 0.2) is 24.3 Å². The number of fused-ring (bicyclic) bond motifs is 2. The van der Waals surface area contributed by atoms with Gasteiger partial charge in [0.2, 0.25) is 0 Å². The van der Waals surface area contributed by atoms with E-state index in [1.807, 2.05) is 6.07 Å². The number of benzene rings is 1. The van der Waals surface area contributed by atoms with Gasteiger partial charge in [0.15, 0.2) is 0 Å². The molecule has 110 valence electrons. The summed E-state index contributed by atoms with van der Waals surface area (Å²) in [5, 5.41) is 3.60. The minimum absolute atomic E-state index is 0.197. The van der Waals surface area contributed by atoms with E-state index in [4.69, 9.17) is 9.47 Å². The van der Waals surface area contributed by atoms with Gasteiger partial charge >= 0.3 is 0 Å². The van der Waals surface area contributed by atoms with Crippen LogP contribution in [0.5, 0.6) is 0 Å². The van der Waals surface area contributed by atoms with Gasteiger partial charge in [-0.1, -0.05) is 18.2 Å². The molecule has 0 spiro atoms. The fraction of sp³-hybridized carbons (Fsp3) is 0.625. The van der Waals surface area contributed by atoms with Gasteiger partial charge in [-0.15, -0.1) is 0 Å². The minimum Gasteiger partial charge on any atom is -0.382 e. The highest BCUT2D eigenvalue weighted by Crippen LogP contribution is 2.37. The molecule has 2 heterocycles. The average Bonchev–Trinajstić information content (AvgIpc) is 2.78. The van der Waals surface area contributed by atoms with E-state index < -0.39 is 0 Å². The van der Waals surface area contributed by atoms with Crippen LogP contribution in [0.1, 0.15) is 31.2 Å². The maximum atomic E-state index is 13.7. The van der Waals surface area contributed by atoms with Crippen LogP contribution >= 0.6 is 0 Å². The Morgan fingerprint density at radius 2 is 1.95 bits per heavy atom. The lowest BCUT2D eigenvalue weighted by Crippen LogP contribution is -2.52. The van der Waals surface area contributed by atoms with Crippen molar-refractivity contribution in [1.82, 2.24) is 5.32 Å². The Morgan fingerprint density at radius 3 is 2.60 bits per heavy atom. The largest absolute Gasteiger partial charge is 0.382 e. The molecule has 20 heavy (non-hydrogen) atoms. The number of halogens is 1. The third kappa shape index (κ3) is 2.87. The summed E-state index contributed by atoms with van der Waals surface area (Å²) >= 11 is 0. The first-order valence-electron chi connectivity index (χ1n) is 7.33. The van der Waals surface area contributed by atoms with E-state index in [0.717, 1.165) is 12.8 Å². The molecule has 2 atom stereocenters. The Labute approximate surface area is 119 Å². The van der Waals surface area contributed by atoms with Crippen LogP contribution in [0.2, 0.25) is 0 Å². The van der Waals surface area contributed by atoms with Crippen LogP contribution in [0.3, 0.4) is 0 Å². The smallest absolute Gasteiger partial charge is 0.128 e. The third-order valence-electron chi connectivity index (χ3n) is 4.47. The van der Waals surface area contributed by atoms with Gasteiger partial charge in [0.05, 0.1) is 18.8 Å². The van der Waals surface area contributed by atoms with Gasteiger partial charge in [-0.2, -0.15) is 0 Å². The molecule has 2 bridgehead atoms. The standard InChI is InChI=1S/C16H22FNO2/c1-19-11-16(8-13-6-7-14(9-16)18-13)20-10-12-4-2-3-5-15(12)17/h2-5,13-14,18H,6-11H2,1H3. The first kappa shape index (κ1) is 14.0. The topological polar surface area (TPSA) is 30.5 Å². The molecule has 4 heteroatoms. The van der Waals surface area contributed by atoms with Gasteiger partial charge in [0.1, 0.15) is 5.82 Å². The van der Waals surface area contributed by atoms with E-state index >= 15 is 0 Å². The summed E-state index contributed by atoms with van der Waals surface area (Å²) in [6.07, 6.45) is 4.32. The van der Waals surface area contributed by atoms with Crippen molar-refractivity contribution in [3.8, 4) is 0 Å². The van der Waals surface area contributed by atoms with Crippen molar-refractivity contribution >= 4 is 0 Å². The Bertz CT molecular complexity index is 454. The van der Waals surface area contributed by atoms with Gasteiger partial charge in [0, 0.05) is 24.8 Å². The number of rotatable bonds is 5. The predicted octanol–water partition coefficient (Wildman–Crippen LogP) is 2.64. The summed E-state index contributed by atoms with van der Waals surface area (Å²) in [7, 11) is 1.71. The predicted molar refractivity (Wildman–Crippen MR) is 75.0 cm³/mol. The summed E-state index contributed by atoms with van der Waals surface area (Å²) in [6.45, 7) is 0.894. The van der Waals surface area contributed by atoms with Crippen LogP contribution in [0, 0.1) is 5.82 Å². The molecule has 0 aromatic heterocycles. The zero-order valence-electron chi connectivity index (χ0n) is 11.9. The molecule has 0 saturated carbocycles. The summed E-state index contributed by atoms with van der Waals surface area (Å²) in [5.74, 6) is -0.197. The van der Waals surface area contributed by atoms with Crippen molar-refractivity contribution < 1.29 is 13.9 Å². The van der Waals surface area contributed by atoms with Crippen molar-refractivity contribution in [1.29, 1.82) is 0 Å². The van der Waals surface area contributed by atoms with Crippen molar-refractivity contribution in [2.24, 2.45) is 0 Å². The zero-order chi connectivity index (χ0) is 14.0. The highest BCUT2D eigenvalue weighted by Gasteiger charge is 2.44. The third-order valence-corrected chi connectivity index (χ3v) is 4.47. The van der Waals surface area contributed by atoms with Gasteiger partial charge < -0.3 is 14.8 Å². The molecule has 2 aliphatic heterocycles. The fourth-order valence-electron chi connectivity index (χ4n) is 3.59. The maximum Gasteiger partial charge on any atom is 0.128 e. The number of hydrogen-bond acceptors (Lipinski definition) is 3. The Morgan fingerprint density at radius 1 is 1.25 bits per heavy atom. The molecule has 2 aliphatic rings. The van der Waals surface area contributed by atoms with E-state index in [-0.39, 0.29) is 11.4 Å². The van der Waals surface area contributed by atoms with E-state index in [2.05, 4.69) is 5.32 Å². The quantitative estimate of drug-likeness (QED) is 0.899. The molecular formula is C16H22FNO2. The Hall–Kier alpha value is -0.970. The molecule has 2 unspecified atom stereocenters. The van der Waals surface area contributed by atoms with Crippen LogP contribution in [0.25, 0.3) is 0 Å². The number of hydrogen-bond donors (Lipinski definition) is 1. The second kappa shape index (κ2) is 5.80. The van der Waals surface area contributed by atoms with Gasteiger partial charge in [0.25, 0.3) is 0 Å². The zero-order valence-corrected chi connectivity index (χ0v) is 11.9. The molecule has 0 amide bonds. The summed E-state index contributed by atoms with van der Waals surface area (Å²) < 4.78 is 25.2. The second-order valence-electron chi connectivity index (χ2n) is 6.04. The lowest BCUT2D eigenvalue weighted by molar-refractivity contribution is -0.123. The molecule has 0 aliphatic carbocycles. The average molecular weight is 279 g/mol. The van der Waals surface area contributed by atoms with Crippen molar-refractivity contribution in [2.45, 2.75) is 50.0 Å². The first-order chi connectivity index (χ1) is 9.71. The number of piperidine rings is 1. The van der Waals surface area contributed by atoms with Crippen molar-refractivity contribution in [3.05, 3.63) is 35.6 Å². The van der Waals surface area contributed by atoms with Crippen molar-refractivity contribution in [3.63, 3.8) is 0 Å². The van der Waals surface area contributed by atoms with Gasteiger partial charge in [-0.25, -0.2) is 4.39 Å². The molecule has 3 rings (SSSR count). The Kier molecular flexibility index (Phi) is 4.06. The SMILES string of the molecule is COCC1(OCc2ccccc2F)CC2CCC(C1)N2. The molecule has 2 saturated heterocycles. The van der Waals surface area contributed by atoms with E-state index in [0.29, 0.717) is 30.9 Å². The highest BCUT2D eigenvalue weighted by atomic mass is 19.1. The van der Waals surface area contributed by atoms with Crippen LogP contribution in [-0.2, 0) is 16.1 Å². The lowest BCUT2D eigenvalue weighted by Gasteiger charge is -2.40. The van der Waals surface area contributed by atoms with Gasteiger partial charge in [-0.3, -0.25) is 0 Å². The van der Waals surface area contributed by atoms with Crippen molar-refractivity contribution in [2.75, 3.05) is 13.7 Å². The number of methoxy groups -OCH3 is 1. The highest BCUT2D eigenvalue weighted by molar-refractivity contribution is 5.16. The first-order valence-corrected chi connectivity index (χ1v) is 7.33. The van der Waals surface area contributed by atoms with E-state index in [9.17, 15) is 4.39 Å². The minimum atomic E-state index is -0.270. The van der Waals surface area contributed by atoms with Crippen LogP contribution in [0.4, 0.5) is 4.39 Å². The van der Waals surface area contributed by atoms with E-state index in [1.54, 1.807) is 19.2 Å². The monoisotopic (exact) mass is 279 g/mol. The second-order valence-corrected chi connectivity index (χ2v) is 6.04. The summed E-state index contributed by atoms with van der Waals surface area (Å²) in [6, 6.07) is 7.85. The Balaban J connectivity index is 1.70. The summed E-state index contributed by atoms with van der Waals surface area (Å²) in [4.78, 5) is 0. The molecule has 1 aromatic rings. The molecule has 1 N–H and O–H groups in total.